The number of aromatic amines is 1. The molecular formula is C31H32FN5O3. The summed E-state index contributed by atoms with van der Waals surface area (Å²) in [6, 6.07) is 25.1. The summed E-state index contributed by atoms with van der Waals surface area (Å²) < 4.78 is 19.4. The van der Waals surface area contributed by atoms with Gasteiger partial charge in [0.15, 0.2) is 5.82 Å². The topological polar surface area (TPSA) is 90.6 Å². The number of nitrogens with one attached hydrogen (secondary N) is 2. The van der Waals surface area contributed by atoms with Gasteiger partial charge in [0.05, 0.1) is 17.8 Å². The molecule has 1 atom stereocenters. The highest BCUT2D eigenvalue weighted by Gasteiger charge is 2.45. The predicted octanol–water partition coefficient (Wildman–Crippen LogP) is 5.86. The van der Waals surface area contributed by atoms with Crippen LogP contribution in [0, 0.1) is 5.82 Å². The van der Waals surface area contributed by atoms with Gasteiger partial charge in [-0.2, -0.15) is 5.10 Å². The Morgan fingerprint density at radius 2 is 1.70 bits per heavy atom. The zero-order valence-electron chi connectivity index (χ0n) is 22.7. The van der Waals surface area contributed by atoms with Crippen molar-refractivity contribution in [3.8, 4) is 0 Å². The number of likely N-dealkylation sites (N-methyl/N-ethyl adjacent to an activating group) is 1. The molecule has 0 spiro atoms. The second-order valence-corrected chi connectivity index (χ2v) is 10.5. The van der Waals surface area contributed by atoms with E-state index in [4.69, 9.17) is 4.74 Å². The molecule has 206 valence electrons. The average molecular weight is 542 g/mol. The van der Waals surface area contributed by atoms with Gasteiger partial charge in [-0.1, -0.05) is 60.7 Å². The first-order valence-electron chi connectivity index (χ1n) is 13.1. The lowest BCUT2D eigenvalue weighted by atomic mass is 10.0. The molecule has 0 aliphatic carbocycles. The molecule has 0 saturated heterocycles. The van der Waals surface area contributed by atoms with Gasteiger partial charge in [0, 0.05) is 24.2 Å². The number of aromatic nitrogens is 2. The van der Waals surface area contributed by atoms with Gasteiger partial charge in [-0.05, 0) is 56.3 Å². The van der Waals surface area contributed by atoms with Gasteiger partial charge in [0.1, 0.15) is 11.9 Å². The number of hydrogen-bond donors (Lipinski definition) is 2. The van der Waals surface area contributed by atoms with E-state index in [0.717, 1.165) is 11.3 Å². The Balaban J connectivity index is 1.31. The third kappa shape index (κ3) is 5.74. The maximum atomic E-state index is 13.7. The normalized spacial score (nSPS) is 14.6. The van der Waals surface area contributed by atoms with Crippen LogP contribution in [0.25, 0.3) is 0 Å². The minimum Gasteiger partial charge on any atom is -0.440 e. The second-order valence-electron chi connectivity index (χ2n) is 10.5. The number of hydrogen-bond acceptors (Lipinski definition) is 5. The lowest BCUT2D eigenvalue weighted by molar-refractivity contribution is 0.0227. The van der Waals surface area contributed by atoms with E-state index in [-0.39, 0.29) is 6.54 Å². The molecular weight excluding hydrogens is 509 g/mol. The van der Waals surface area contributed by atoms with Gasteiger partial charge in [-0.25, -0.2) is 9.18 Å². The summed E-state index contributed by atoms with van der Waals surface area (Å²) >= 11 is 0. The van der Waals surface area contributed by atoms with Crippen molar-refractivity contribution >= 4 is 17.8 Å². The van der Waals surface area contributed by atoms with Crippen molar-refractivity contribution in [3.63, 3.8) is 0 Å². The van der Waals surface area contributed by atoms with Crippen LogP contribution in [-0.2, 0) is 23.4 Å². The van der Waals surface area contributed by atoms with Gasteiger partial charge in [0.25, 0.3) is 5.91 Å². The molecule has 0 bridgehead atoms. The number of fused-ring (bicyclic) bond motifs is 1. The summed E-state index contributed by atoms with van der Waals surface area (Å²) in [5.74, 6) is -0.512. The molecule has 2 heterocycles. The quantitative estimate of drug-likeness (QED) is 0.292. The molecule has 40 heavy (non-hydrogen) atoms. The zero-order valence-corrected chi connectivity index (χ0v) is 22.7. The van der Waals surface area contributed by atoms with E-state index in [2.05, 4.69) is 32.5 Å². The zero-order chi connectivity index (χ0) is 28.3. The first-order chi connectivity index (χ1) is 19.2. The number of H-pyrrole nitrogens is 1. The first kappa shape index (κ1) is 27.1. The lowest BCUT2D eigenvalue weighted by Gasteiger charge is -2.33. The monoisotopic (exact) mass is 541 g/mol. The van der Waals surface area contributed by atoms with E-state index in [0.29, 0.717) is 30.0 Å². The van der Waals surface area contributed by atoms with E-state index in [1.54, 1.807) is 4.90 Å². The number of carbonyl (C=O) groups is 2. The highest BCUT2D eigenvalue weighted by Crippen LogP contribution is 2.41. The summed E-state index contributed by atoms with van der Waals surface area (Å²) in [4.78, 5) is 30.2. The predicted molar refractivity (Wildman–Crippen MR) is 150 cm³/mol. The molecule has 1 aromatic heterocycles. The van der Waals surface area contributed by atoms with Crippen molar-refractivity contribution in [2.75, 3.05) is 18.9 Å². The molecule has 9 heteroatoms. The highest BCUT2D eigenvalue weighted by atomic mass is 19.1. The number of halogens is 1. The van der Waals surface area contributed by atoms with Gasteiger partial charge in [-0.3, -0.25) is 19.7 Å². The molecule has 3 aromatic carbocycles. The fourth-order valence-corrected chi connectivity index (χ4v) is 5.00. The van der Waals surface area contributed by atoms with Crippen LogP contribution in [0.15, 0.2) is 84.9 Å². The molecule has 1 aliphatic rings. The van der Waals surface area contributed by atoms with Crippen molar-refractivity contribution < 1.29 is 18.7 Å². The minimum atomic E-state index is -0.755. The molecule has 2 amide bonds. The van der Waals surface area contributed by atoms with Crippen LogP contribution >= 0.6 is 0 Å². The van der Waals surface area contributed by atoms with Crippen LogP contribution in [0.1, 0.15) is 52.7 Å². The molecule has 0 fully saturated rings. The van der Waals surface area contributed by atoms with Crippen molar-refractivity contribution in [2.45, 2.75) is 38.6 Å². The van der Waals surface area contributed by atoms with Gasteiger partial charge in [0.2, 0.25) is 0 Å². The highest BCUT2D eigenvalue weighted by molar-refractivity contribution is 6.04. The number of anilines is 1. The summed E-state index contributed by atoms with van der Waals surface area (Å²) in [5.41, 5.74) is 3.04. The smallest absolute Gasteiger partial charge is 0.411 e. The summed E-state index contributed by atoms with van der Waals surface area (Å²) in [7, 11) is 2.00. The Morgan fingerprint density at radius 3 is 2.38 bits per heavy atom. The number of ether oxygens (including phenoxy) is 1. The lowest BCUT2D eigenvalue weighted by Crippen LogP contribution is -2.42. The van der Waals surface area contributed by atoms with E-state index in [1.165, 1.54) is 29.8 Å². The van der Waals surface area contributed by atoms with Crippen LogP contribution in [0.3, 0.4) is 0 Å². The van der Waals surface area contributed by atoms with Crippen molar-refractivity contribution in [1.82, 2.24) is 20.0 Å². The van der Waals surface area contributed by atoms with E-state index < -0.39 is 29.5 Å². The van der Waals surface area contributed by atoms with E-state index >= 15 is 0 Å². The summed E-state index contributed by atoms with van der Waals surface area (Å²) in [5, 5.41) is 10.1. The SMILES string of the molecule is CN(Cc1ccccc1)CC(OC(=O)N1Cc2c(NC(=O)c3ccc(F)cc3)n[nH]c2C1(C)C)c1ccccc1. The molecule has 2 N–H and O–H groups in total. The van der Waals surface area contributed by atoms with Crippen LogP contribution in [0.5, 0.6) is 0 Å². The number of rotatable bonds is 8. The maximum absolute atomic E-state index is 13.7. The molecule has 0 radical (unpaired) electrons. The Morgan fingerprint density at radius 1 is 1.05 bits per heavy atom. The minimum absolute atomic E-state index is 0.206. The molecule has 4 aromatic rings. The van der Waals surface area contributed by atoms with Gasteiger partial charge < -0.3 is 10.1 Å². The summed E-state index contributed by atoms with van der Waals surface area (Å²) in [6.45, 7) is 5.24. The first-order valence-corrected chi connectivity index (χ1v) is 13.1. The standard InChI is InChI=1S/C31H32FN5O3/c1-31(2)27-25(28(35-34-27)33-29(38)23-14-16-24(32)17-15-23)19-37(31)30(39)40-26(22-12-8-5-9-13-22)20-36(3)18-21-10-6-4-7-11-21/h4-17,26H,18-20H2,1-3H3,(H2,33,34,35,38). The second kappa shape index (κ2) is 11.3. The molecule has 0 saturated carbocycles. The number of amides is 2. The Labute approximate surface area is 232 Å². The largest absolute Gasteiger partial charge is 0.440 e. The van der Waals surface area contributed by atoms with E-state index in [1.807, 2.05) is 69.4 Å². The maximum Gasteiger partial charge on any atom is 0.411 e. The molecule has 5 rings (SSSR count). The Bertz CT molecular complexity index is 1470. The molecule has 1 unspecified atom stereocenters. The van der Waals surface area contributed by atoms with Crippen LogP contribution in [0.2, 0.25) is 0 Å². The number of benzene rings is 3. The average Bonchev–Trinajstić information content (AvgIpc) is 3.47. The van der Waals surface area contributed by atoms with E-state index in [9.17, 15) is 14.0 Å². The van der Waals surface area contributed by atoms with Crippen LogP contribution in [-0.4, -0.2) is 45.6 Å². The number of carbonyl (C=O) groups excluding carboxylic acids is 2. The van der Waals surface area contributed by atoms with Crippen LogP contribution < -0.4 is 5.32 Å². The fraction of sp³-hybridized carbons (Fsp3) is 0.258. The van der Waals surface area contributed by atoms with Gasteiger partial charge in [-0.15, -0.1) is 0 Å². The fourth-order valence-electron chi connectivity index (χ4n) is 5.00. The van der Waals surface area contributed by atoms with Crippen molar-refractivity contribution in [3.05, 3.63) is 119 Å². The molecule has 8 nitrogen and oxygen atoms in total. The third-order valence-corrected chi connectivity index (χ3v) is 7.22. The third-order valence-electron chi connectivity index (χ3n) is 7.22. The summed E-state index contributed by atoms with van der Waals surface area (Å²) in [6.07, 6.45) is -0.958. The van der Waals surface area contributed by atoms with Gasteiger partial charge >= 0.3 is 6.09 Å². The van der Waals surface area contributed by atoms with Crippen molar-refractivity contribution in [1.29, 1.82) is 0 Å². The Hall–Kier alpha value is -4.50. The molecule has 1 aliphatic heterocycles. The van der Waals surface area contributed by atoms with Crippen molar-refractivity contribution in [2.24, 2.45) is 0 Å². The number of nitrogens with zero attached hydrogens (tertiary/aromatic N) is 3. The Kier molecular flexibility index (Phi) is 7.66. The van der Waals surface area contributed by atoms with Crippen LogP contribution in [0.4, 0.5) is 15.0 Å².